The maximum atomic E-state index is 12.4. The fourth-order valence-electron chi connectivity index (χ4n) is 2.55. The average molecular weight is 345 g/mol. The summed E-state index contributed by atoms with van der Waals surface area (Å²) in [5.41, 5.74) is 1.58. The molecule has 5 nitrogen and oxygen atoms in total. The van der Waals surface area contributed by atoms with Crippen molar-refractivity contribution in [1.82, 2.24) is 4.90 Å². The van der Waals surface area contributed by atoms with Crippen LogP contribution < -0.4 is 5.32 Å². The molecule has 0 spiro atoms. The highest BCUT2D eigenvalue weighted by Crippen LogP contribution is 2.47. The van der Waals surface area contributed by atoms with Crippen LogP contribution in [0.3, 0.4) is 0 Å². The van der Waals surface area contributed by atoms with E-state index in [0.717, 1.165) is 37.3 Å². The van der Waals surface area contributed by atoms with Crippen LogP contribution in [-0.2, 0) is 11.4 Å². The van der Waals surface area contributed by atoms with E-state index < -0.39 is 0 Å². The van der Waals surface area contributed by atoms with Crippen molar-refractivity contribution in [3.8, 4) is 0 Å². The molecule has 3 rings (SSSR count). The highest BCUT2D eigenvalue weighted by atomic mass is 35.5. The van der Waals surface area contributed by atoms with E-state index in [9.17, 15) is 4.79 Å². The van der Waals surface area contributed by atoms with Gasteiger partial charge in [-0.05, 0) is 24.8 Å². The first-order valence-electron chi connectivity index (χ1n) is 6.72. The van der Waals surface area contributed by atoms with E-state index in [-0.39, 0.29) is 6.03 Å². The Kier molecular flexibility index (Phi) is 4.19. The number of rotatable bonds is 1. The molecule has 0 aliphatic carbocycles. The lowest BCUT2D eigenvalue weighted by Gasteiger charge is -2.31. The van der Waals surface area contributed by atoms with Gasteiger partial charge in [0.15, 0.2) is 0 Å². The largest absolute Gasteiger partial charge is 0.324 e. The third kappa shape index (κ3) is 2.93. The van der Waals surface area contributed by atoms with Crippen molar-refractivity contribution in [2.45, 2.75) is 19.8 Å². The number of hydrogen-bond acceptors (Lipinski definition) is 3. The molecule has 2 aliphatic rings. The molecule has 1 unspecified atom stereocenters. The first-order chi connectivity index (χ1) is 10.1. The maximum absolute atomic E-state index is 12.4. The summed E-state index contributed by atoms with van der Waals surface area (Å²) in [6.07, 6.45) is 2.18. The molecule has 1 saturated heterocycles. The minimum absolute atomic E-state index is 0.153. The topological polar surface area (TPSA) is 57.1 Å². The standard InChI is InChI=1S/C13H14Cl2N4OS/c1-7-3-2-4-19(6-7)13(20)16-10-8(14)5-9(15)11-12(10)18-21-17-11/h5,7H,2-4,6H2,1H3,(H,16,20). The Morgan fingerprint density at radius 1 is 1.38 bits per heavy atom. The number of nitrogens with zero attached hydrogens (tertiary/aromatic N) is 3. The Morgan fingerprint density at radius 2 is 2.14 bits per heavy atom. The normalized spacial score (nSPS) is 20.1. The zero-order valence-corrected chi connectivity index (χ0v) is 13.7. The molecule has 0 saturated carbocycles. The quantitative estimate of drug-likeness (QED) is 0.778. The van der Waals surface area contributed by atoms with Gasteiger partial charge in [-0.25, -0.2) is 4.79 Å². The molecule has 1 atom stereocenters. The van der Waals surface area contributed by atoms with Crippen molar-refractivity contribution in [1.29, 1.82) is 0 Å². The van der Waals surface area contributed by atoms with Crippen molar-refractivity contribution < 1.29 is 4.79 Å². The van der Waals surface area contributed by atoms with Gasteiger partial charge in [0, 0.05) is 13.1 Å². The molecule has 1 aromatic rings. The lowest BCUT2D eigenvalue weighted by Crippen LogP contribution is -2.41. The first kappa shape index (κ1) is 14.8. The third-order valence-corrected chi connectivity index (χ3v) is 4.73. The number of nitrogens with one attached hydrogen (secondary N) is 1. The van der Waals surface area contributed by atoms with Gasteiger partial charge >= 0.3 is 6.03 Å². The molecule has 2 amide bonds. The fraction of sp³-hybridized carbons (Fsp3) is 0.462. The van der Waals surface area contributed by atoms with Crippen LogP contribution in [0.15, 0.2) is 14.8 Å². The van der Waals surface area contributed by atoms with E-state index in [1.54, 1.807) is 6.07 Å². The molecule has 21 heavy (non-hydrogen) atoms. The number of amides is 2. The van der Waals surface area contributed by atoms with Gasteiger partial charge in [0.05, 0.1) is 27.1 Å². The van der Waals surface area contributed by atoms with Gasteiger partial charge in [-0.1, -0.05) is 30.1 Å². The van der Waals surface area contributed by atoms with Crippen LogP contribution in [0, 0.1) is 5.92 Å². The number of anilines is 1. The monoisotopic (exact) mass is 344 g/mol. The highest BCUT2D eigenvalue weighted by molar-refractivity contribution is 7.58. The van der Waals surface area contributed by atoms with Crippen molar-refractivity contribution in [2.75, 3.05) is 18.4 Å². The Hall–Kier alpha value is -1.11. The molecule has 112 valence electrons. The van der Waals surface area contributed by atoms with Crippen LogP contribution in [0.2, 0.25) is 10.0 Å². The molecular weight excluding hydrogens is 331 g/mol. The molecule has 1 N–H and O–H groups in total. The van der Waals surface area contributed by atoms with Gasteiger partial charge in [0.1, 0.15) is 11.4 Å². The van der Waals surface area contributed by atoms with Gasteiger partial charge < -0.3 is 10.2 Å². The van der Waals surface area contributed by atoms with E-state index in [0.29, 0.717) is 33.0 Å². The molecular formula is C13H14Cl2N4OS. The SMILES string of the molecule is CC1CCCN(C(=O)Nc2c(Cl)cc(Cl)c3c2N=S=N3)C1. The summed E-state index contributed by atoms with van der Waals surface area (Å²) in [5, 5.41) is 3.67. The van der Waals surface area contributed by atoms with Crippen molar-refractivity contribution in [3.05, 3.63) is 16.1 Å². The number of fused-ring (bicyclic) bond motifs is 1. The predicted octanol–water partition coefficient (Wildman–Crippen LogP) is 4.98. The Bertz CT molecular complexity index is 673. The fourth-order valence-corrected chi connectivity index (χ4v) is 3.71. The summed E-state index contributed by atoms with van der Waals surface area (Å²) < 4.78 is 8.31. The second-order valence-electron chi connectivity index (χ2n) is 5.30. The van der Waals surface area contributed by atoms with Gasteiger partial charge in [-0.2, -0.15) is 8.73 Å². The number of piperidine rings is 1. The van der Waals surface area contributed by atoms with Crippen LogP contribution in [0.25, 0.3) is 0 Å². The maximum Gasteiger partial charge on any atom is 0.321 e. The number of carbonyl (C=O) groups is 1. The number of carbonyl (C=O) groups excluding carboxylic acids is 1. The zero-order chi connectivity index (χ0) is 15.0. The first-order valence-corrected chi connectivity index (χ1v) is 8.21. The minimum atomic E-state index is -0.153. The lowest BCUT2D eigenvalue weighted by atomic mass is 10.0. The van der Waals surface area contributed by atoms with E-state index in [2.05, 4.69) is 21.0 Å². The number of hydrogen-bond donors (Lipinski definition) is 1. The predicted molar refractivity (Wildman–Crippen MR) is 87.0 cm³/mol. The van der Waals surface area contributed by atoms with E-state index in [4.69, 9.17) is 23.2 Å². The highest BCUT2D eigenvalue weighted by Gasteiger charge is 2.24. The summed E-state index contributed by atoms with van der Waals surface area (Å²) in [6.45, 7) is 3.67. The van der Waals surface area contributed by atoms with Gasteiger partial charge in [-0.3, -0.25) is 0 Å². The Balaban J connectivity index is 1.84. The van der Waals surface area contributed by atoms with Crippen LogP contribution >= 0.6 is 23.2 Å². The van der Waals surface area contributed by atoms with Gasteiger partial charge in [0.2, 0.25) is 0 Å². The third-order valence-electron chi connectivity index (χ3n) is 3.62. The van der Waals surface area contributed by atoms with Gasteiger partial charge in [0.25, 0.3) is 0 Å². The summed E-state index contributed by atoms with van der Waals surface area (Å²) in [4.78, 5) is 14.2. The summed E-state index contributed by atoms with van der Waals surface area (Å²) in [6, 6.07) is 1.43. The lowest BCUT2D eigenvalue weighted by molar-refractivity contribution is 0.182. The molecule has 2 heterocycles. The number of urea groups is 1. The summed E-state index contributed by atoms with van der Waals surface area (Å²) in [7, 11) is 0. The van der Waals surface area contributed by atoms with Gasteiger partial charge in [-0.15, -0.1) is 0 Å². The van der Waals surface area contributed by atoms with Crippen molar-refractivity contribution in [2.24, 2.45) is 14.6 Å². The molecule has 0 bridgehead atoms. The van der Waals surface area contributed by atoms with E-state index in [1.165, 1.54) is 0 Å². The van der Waals surface area contributed by atoms with Crippen LogP contribution in [0.4, 0.5) is 21.9 Å². The molecule has 1 aromatic carbocycles. The zero-order valence-electron chi connectivity index (χ0n) is 11.4. The van der Waals surface area contributed by atoms with E-state index >= 15 is 0 Å². The molecule has 8 heteroatoms. The van der Waals surface area contributed by atoms with Crippen molar-refractivity contribution in [3.63, 3.8) is 0 Å². The second kappa shape index (κ2) is 5.94. The number of benzene rings is 1. The number of halogens is 2. The smallest absolute Gasteiger partial charge is 0.321 e. The molecule has 2 aliphatic heterocycles. The van der Waals surface area contributed by atoms with Crippen LogP contribution in [0.5, 0.6) is 0 Å². The van der Waals surface area contributed by atoms with E-state index in [1.807, 2.05) is 4.90 Å². The molecule has 0 radical (unpaired) electrons. The van der Waals surface area contributed by atoms with Crippen LogP contribution in [-0.4, -0.2) is 24.0 Å². The minimum Gasteiger partial charge on any atom is -0.324 e. The summed E-state index contributed by atoms with van der Waals surface area (Å²) in [5.74, 6) is 0.520. The van der Waals surface area contributed by atoms with Crippen LogP contribution in [0.1, 0.15) is 19.8 Å². The number of likely N-dealkylation sites (tertiary alicyclic amines) is 1. The second-order valence-corrected chi connectivity index (χ2v) is 6.64. The molecule has 1 fully saturated rings. The Labute approximate surface area is 136 Å². The Morgan fingerprint density at radius 3 is 2.90 bits per heavy atom. The molecule has 0 aromatic heterocycles. The summed E-state index contributed by atoms with van der Waals surface area (Å²) >= 11 is 13.3. The average Bonchev–Trinajstić information content (AvgIpc) is 2.93. The van der Waals surface area contributed by atoms with Crippen molar-refractivity contribution >= 4 is 57.6 Å².